The van der Waals surface area contributed by atoms with Crippen LogP contribution in [0.5, 0.6) is 0 Å². The highest BCUT2D eigenvalue weighted by Gasteiger charge is 2.22. The van der Waals surface area contributed by atoms with E-state index in [-0.39, 0.29) is 30.0 Å². The second-order valence-corrected chi connectivity index (χ2v) is 7.07. The molecular formula is C20H28IN7O. The molecule has 0 saturated heterocycles. The van der Waals surface area contributed by atoms with Crippen LogP contribution in [-0.2, 0) is 30.7 Å². The minimum Gasteiger partial charge on any atom is -0.377 e. The number of ether oxygens (including phenoxy) is 1. The maximum absolute atomic E-state index is 5.13. The van der Waals surface area contributed by atoms with Crippen LogP contribution in [0.2, 0.25) is 0 Å². The summed E-state index contributed by atoms with van der Waals surface area (Å²) in [7, 11) is 3.47. The molecule has 0 saturated carbocycles. The van der Waals surface area contributed by atoms with Crippen LogP contribution < -0.4 is 10.6 Å². The largest absolute Gasteiger partial charge is 0.377 e. The van der Waals surface area contributed by atoms with Crippen molar-refractivity contribution in [3.8, 4) is 0 Å². The number of hydrogen-bond donors (Lipinski definition) is 3. The summed E-state index contributed by atoms with van der Waals surface area (Å²) in [4.78, 5) is 12.4. The van der Waals surface area contributed by atoms with Crippen LogP contribution in [0.1, 0.15) is 23.8 Å². The highest BCUT2D eigenvalue weighted by atomic mass is 127. The minimum absolute atomic E-state index is 0. The first kappa shape index (κ1) is 21.6. The standard InChI is InChI=1S/C20H27N7O.HI/c1-21-20(22-10-9-15-11-14-5-3-4-6-17(14)23-15)24-16-7-8-19-25-18(13-28-2)26-27(19)12-16;/h3-6,11,16,23H,7-10,12-13H2,1-2H3,(H2,21,22,24);1H. The molecule has 1 aliphatic heterocycles. The molecule has 156 valence electrons. The molecular weight excluding hydrogens is 481 g/mol. The number of nitrogens with zero attached hydrogens (tertiary/aromatic N) is 4. The van der Waals surface area contributed by atoms with Crippen molar-refractivity contribution in [2.75, 3.05) is 20.7 Å². The molecule has 0 bridgehead atoms. The van der Waals surface area contributed by atoms with Gasteiger partial charge in [-0.05, 0) is 23.9 Å². The molecule has 3 aromatic rings. The number of para-hydroxylation sites is 1. The second-order valence-electron chi connectivity index (χ2n) is 7.07. The zero-order chi connectivity index (χ0) is 19.3. The molecule has 1 aromatic carbocycles. The molecule has 2 aromatic heterocycles. The molecule has 29 heavy (non-hydrogen) atoms. The molecule has 1 unspecified atom stereocenters. The molecule has 0 aliphatic carbocycles. The van der Waals surface area contributed by atoms with Crippen molar-refractivity contribution < 1.29 is 4.74 Å². The van der Waals surface area contributed by atoms with E-state index in [1.807, 2.05) is 4.68 Å². The van der Waals surface area contributed by atoms with Crippen molar-refractivity contribution in [3.05, 3.63) is 47.7 Å². The molecule has 0 radical (unpaired) electrons. The number of fused-ring (bicyclic) bond motifs is 2. The summed E-state index contributed by atoms with van der Waals surface area (Å²) in [5.41, 5.74) is 2.40. The number of aliphatic imine (C=N–C) groups is 1. The van der Waals surface area contributed by atoms with Crippen LogP contribution in [0, 0.1) is 0 Å². The van der Waals surface area contributed by atoms with E-state index < -0.39 is 0 Å². The summed E-state index contributed by atoms with van der Waals surface area (Å²) in [5.74, 6) is 2.60. The summed E-state index contributed by atoms with van der Waals surface area (Å²) in [6.07, 6.45) is 2.82. The molecule has 8 nitrogen and oxygen atoms in total. The number of halogens is 1. The lowest BCUT2D eigenvalue weighted by atomic mass is 10.1. The van der Waals surface area contributed by atoms with Crippen molar-refractivity contribution in [2.45, 2.75) is 38.5 Å². The van der Waals surface area contributed by atoms with Gasteiger partial charge in [0.25, 0.3) is 0 Å². The molecule has 3 heterocycles. The Bertz CT molecular complexity index is 932. The van der Waals surface area contributed by atoms with Crippen molar-refractivity contribution in [3.63, 3.8) is 0 Å². The number of methoxy groups -OCH3 is 1. The van der Waals surface area contributed by atoms with E-state index in [1.54, 1.807) is 14.2 Å². The first-order valence-electron chi connectivity index (χ1n) is 9.70. The molecule has 4 rings (SSSR count). The molecule has 0 amide bonds. The quantitative estimate of drug-likeness (QED) is 0.270. The number of H-pyrrole nitrogens is 1. The van der Waals surface area contributed by atoms with Gasteiger partial charge < -0.3 is 20.4 Å². The van der Waals surface area contributed by atoms with Gasteiger partial charge in [0.05, 0.1) is 6.54 Å². The van der Waals surface area contributed by atoms with E-state index in [0.717, 1.165) is 50.0 Å². The van der Waals surface area contributed by atoms with Gasteiger partial charge >= 0.3 is 0 Å². The Balaban J connectivity index is 0.00000240. The fraction of sp³-hybridized carbons (Fsp3) is 0.450. The Kier molecular flexibility index (Phi) is 7.48. The van der Waals surface area contributed by atoms with Crippen LogP contribution in [0.3, 0.4) is 0 Å². The highest BCUT2D eigenvalue weighted by Crippen LogP contribution is 2.15. The Morgan fingerprint density at radius 3 is 3.03 bits per heavy atom. The molecule has 0 fully saturated rings. The number of nitrogens with one attached hydrogen (secondary N) is 3. The Morgan fingerprint density at radius 1 is 1.38 bits per heavy atom. The van der Waals surface area contributed by atoms with E-state index in [2.05, 4.69) is 61.0 Å². The monoisotopic (exact) mass is 509 g/mol. The minimum atomic E-state index is 0. The van der Waals surface area contributed by atoms with E-state index in [0.29, 0.717) is 6.61 Å². The molecule has 1 aliphatic rings. The predicted octanol–water partition coefficient (Wildman–Crippen LogP) is 2.25. The number of guanidine groups is 1. The smallest absolute Gasteiger partial charge is 0.191 e. The van der Waals surface area contributed by atoms with Gasteiger partial charge in [0.15, 0.2) is 11.8 Å². The Morgan fingerprint density at radius 2 is 2.24 bits per heavy atom. The summed E-state index contributed by atoms with van der Waals surface area (Å²) >= 11 is 0. The van der Waals surface area contributed by atoms with Gasteiger partial charge in [0, 0.05) is 50.8 Å². The summed E-state index contributed by atoms with van der Waals surface area (Å²) in [5, 5.41) is 12.7. The number of rotatable bonds is 6. The summed E-state index contributed by atoms with van der Waals surface area (Å²) < 4.78 is 7.11. The average Bonchev–Trinajstić information content (AvgIpc) is 3.30. The fourth-order valence-electron chi connectivity index (χ4n) is 3.64. The number of aromatic nitrogens is 4. The number of aryl methyl sites for hydroxylation is 1. The highest BCUT2D eigenvalue weighted by molar-refractivity contribution is 14.0. The summed E-state index contributed by atoms with van der Waals surface area (Å²) in [6, 6.07) is 10.8. The number of aromatic amines is 1. The third-order valence-electron chi connectivity index (χ3n) is 5.01. The zero-order valence-corrected chi connectivity index (χ0v) is 19.1. The van der Waals surface area contributed by atoms with Crippen molar-refractivity contribution in [1.82, 2.24) is 30.4 Å². The van der Waals surface area contributed by atoms with Gasteiger partial charge in [-0.2, -0.15) is 5.10 Å². The third-order valence-corrected chi connectivity index (χ3v) is 5.01. The van der Waals surface area contributed by atoms with Gasteiger partial charge in [0.1, 0.15) is 12.4 Å². The van der Waals surface area contributed by atoms with Gasteiger partial charge in [-0.3, -0.25) is 4.99 Å². The molecule has 3 N–H and O–H groups in total. The van der Waals surface area contributed by atoms with Crippen LogP contribution in [-0.4, -0.2) is 52.5 Å². The number of hydrogen-bond acceptors (Lipinski definition) is 4. The predicted molar refractivity (Wildman–Crippen MR) is 125 cm³/mol. The fourth-order valence-corrected chi connectivity index (χ4v) is 3.64. The lowest BCUT2D eigenvalue weighted by Crippen LogP contribution is -2.47. The normalized spacial score (nSPS) is 16.3. The third kappa shape index (κ3) is 5.27. The first-order valence-corrected chi connectivity index (χ1v) is 9.70. The lowest BCUT2D eigenvalue weighted by molar-refractivity contribution is 0.177. The Hall–Kier alpha value is -2.14. The van der Waals surface area contributed by atoms with Gasteiger partial charge in [-0.25, -0.2) is 9.67 Å². The second kappa shape index (κ2) is 10.1. The van der Waals surface area contributed by atoms with Crippen molar-refractivity contribution >= 4 is 40.8 Å². The zero-order valence-electron chi connectivity index (χ0n) is 16.8. The van der Waals surface area contributed by atoms with Crippen molar-refractivity contribution in [2.24, 2.45) is 4.99 Å². The topological polar surface area (TPSA) is 92.2 Å². The van der Waals surface area contributed by atoms with Crippen LogP contribution in [0.4, 0.5) is 0 Å². The molecule has 0 spiro atoms. The first-order chi connectivity index (χ1) is 13.7. The molecule has 9 heteroatoms. The van der Waals surface area contributed by atoms with Crippen LogP contribution in [0.25, 0.3) is 10.9 Å². The van der Waals surface area contributed by atoms with Gasteiger partial charge in [-0.15, -0.1) is 24.0 Å². The number of benzene rings is 1. The SMILES string of the molecule is CN=C(NCCc1cc2ccccc2[nH]1)NC1CCc2nc(COC)nn2C1.I. The van der Waals surface area contributed by atoms with E-state index in [1.165, 1.54) is 16.6 Å². The van der Waals surface area contributed by atoms with Gasteiger partial charge in [0.2, 0.25) is 0 Å². The van der Waals surface area contributed by atoms with E-state index in [9.17, 15) is 0 Å². The molecule has 1 atom stereocenters. The van der Waals surface area contributed by atoms with E-state index >= 15 is 0 Å². The lowest BCUT2D eigenvalue weighted by Gasteiger charge is -2.25. The van der Waals surface area contributed by atoms with Gasteiger partial charge in [-0.1, -0.05) is 18.2 Å². The maximum atomic E-state index is 5.13. The van der Waals surface area contributed by atoms with E-state index in [4.69, 9.17) is 4.74 Å². The van der Waals surface area contributed by atoms with Crippen LogP contribution in [0.15, 0.2) is 35.3 Å². The average molecular weight is 509 g/mol. The summed E-state index contributed by atoms with van der Waals surface area (Å²) in [6.45, 7) is 2.05. The Labute approximate surface area is 187 Å². The maximum Gasteiger partial charge on any atom is 0.191 e. The van der Waals surface area contributed by atoms with Crippen LogP contribution >= 0.6 is 24.0 Å². The van der Waals surface area contributed by atoms with Crippen molar-refractivity contribution in [1.29, 1.82) is 0 Å².